The van der Waals surface area contributed by atoms with E-state index in [1.54, 1.807) is 16.8 Å². The number of hydrogen-bond donors (Lipinski definition) is 2. The molecular formula is C20H23FN3OP. The van der Waals surface area contributed by atoms with Crippen molar-refractivity contribution in [1.29, 1.82) is 0 Å². The predicted octanol–water partition coefficient (Wildman–Crippen LogP) is 4.61. The van der Waals surface area contributed by atoms with Crippen molar-refractivity contribution in [1.82, 2.24) is 9.78 Å². The number of nitrogens with zero attached hydrogens (tertiary/aromatic N) is 2. The summed E-state index contributed by atoms with van der Waals surface area (Å²) in [4.78, 5) is 0. The number of halogens is 1. The number of alkyl halides is 1. The molecule has 0 spiro atoms. The minimum atomic E-state index is -1.44. The molecule has 0 saturated heterocycles. The molecule has 6 heteroatoms. The van der Waals surface area contributed by atoms with Crippen molar-refractivity contribution in [3.05, 3.63) is 66.0 Å². The maximum atomic E-state index is 14.0. The number of aliphatic hydroxyl groups is 1. The largest absolute Gasteiger partial charge is 0.394 e. The number of aromatic nitrogens is 2. The number of benzene rings is 2. The van der Waals surface area contributed by atoms with Crippen LogP contribution in [0, 0.1) is 6.92 Å². The van der Waals surface area contributed by atoms with Crippen molar-refractivity contribution >= 4 is 20.6 Å². The van der Waals surface area contributed by atoms with Gasteiger partial charge in [-0.2, -0.15) is 5.10 Å². The van der Waals surface area contributed by atoms with Gasteiger partial charge in [0.2, 0.25) is 0 Å². The molecule has 0 amide bonds. The highest BCUT2D eigenvalue weighted by Gasteiger charge is 2.18. The molecule has 0 aliphatic rings. The average molecular weight is 371 g/mol. The third-order valence-corrected chi connectivity index (χ3v) is 4.69. The zero-order chi connectivity index (χ0) is 18.7. The molecule has 136 valence electrons. The number of nitrogens with one attached hydrogen (secondary N) is 1. The molecule has 4 nitrogen and oxygen atoms in total. The molecule has 2 aromatic carbocycles. The fourth-order valence-corrected chi connectivity index (χ4v) is 3.09. The lowest BCUT2D eigenvalue weighted by molar-refractivity contribution is 0.268. The van der Waals surface area contributed by atoms with Gasteiger partial charge in [0, 0.05) is 28.2 Å². The van der Waals surface area contributed by atoms with Crippen LogP contribution in [0.4, 0.5) is 15.8 Å². The first-order valence-corrected chi connectivity index (χ1v) is 9.06. The summed E-state index contributed by atoms with van der Waals surface area (Å²) in [6, 6.07) is 15.3. The molecule has 2 atom stereocenters. The van der Waals surface area contributed by atoms with Gasteiger partial charge in [-0.1, -0.05) is 39.6 Å². The molecule has 0 radical (unpaired) electrons. The Kier molecular flexibility index (Phi) is 5.40. The lowest BCUT2D eigenvalue weighted by Crippen LogP contribution is -2.05. The third-order valence-electron chi connectivity index (χ3n) is 4.36. The van der Waals surface area contributed by atoms with Crippen LogP contribution < -0.4 is 5.32 Å². The van der Waals surface area contributed by atoms with Crippen molar-refractivity contribution in [3.8, 4) is 11.1 Å². The average Bonchev–Trinajstić information content (AvgIpc) is 2.96. The van der Waals surface area contributed by atoms with Gasteiger partial charge in [0.25, 0.3) is 0 Å². The molecule has 0 saturated carbocycles. The molecule has 0 fully saturated rings. The molecule has 0 aliphatic heterocycles. The first-order chi connectivity index (χ1) is 12.4. The molecule has 1 heterocycles. The Balaban J connectivity index is 1.91. The van der Waals surface area contributed by atoms with E-state index in [4.69, 9.17) is 5.11 Å². The van der Waals surface area contributed by atoms with Gasteiger partial charge in [-0.25, -0.2) is 4.39 Å². The molecule has 0 bridgehead atoms. The topological polar surface area (TPSA) is 50.1 Å². The van der Waals surface area contributed by atoms with E-state index < -0.39 is 5.41 Å². The minimum absolute atomic E-state index is 0.0530. The normalized spacial score (nSPS) is 13.4. The number of hydrogen-bond acceptors (Lipinski definition) is 3. The van der Waals surface area contributed by atoms with Crippen LogP contribution in [0.1, 0.15) is 18.2 Å². The van der Waals surface area contributed by atoms with E-state index in [9.17, 15) is 4.39 Å². The van der Waals surface area contributed by atoms with Crippen molar-refractivity contribution < 1.29 is 9.50 Å². The van der Waals surface area contributed by atoms with Crippen LogP contribution in [0.5, 0.6) is 0 Å². The number of para-hydroxylation sites is 1. The van der Waals surface area contributed by atoms with E-state index in [0.717, 1.165) is 28.2 Å². The minimum Gasteiger partial charge on any atom is -0.394 e. The first-order valence-electron chi connectivity index (χ1n) is 8.48. The predicted molar refractivity (Wildman–Crippen MR) is 107 cm³/mol. The Morgan fingerprint density at radius 3 is 2.50 bits per heavy atom. The fourth-order valence-electron chi connectivity index (χ4n) is 2.89. The van der Waals surface area contributed by atoms with E-state index in [0.29, 0.717) is 12.1 Å². The van der Waals surface area contributed by atoms with Gasteiger partial charge in [-0.3, -0.25) is 4.68 Å². The van der Waals surface area contributed by atoms with E-state index in [-0.39, 0.29) is 6.61 Å². The maximum absolute atomic E-state index is 14.0. The summed E-state index contributed by atoms with van der Waals surface area (Å²) >= 11 is 0. The summed E-state index contributed by atoms with van der Waals surface area (Å²) in [6.45, 7) is 4.03. The summed E-state index contributed by atoms with van der Waals surface area (Å²) in [5.41, 5.74) is 5.48. The molecule has 26 heavy (non-hydrogen) atoms. The van der Waals surface area contributed by atoms with Crippen LogP contribution >= 0.6 is 9.24 Å². The summed E-state index contributed by atoms with van der Waals surface area (Å²) in [6.07, 6.45) is 1.82. The van der Waals surface area contributed by atoms with E-state index in [1.807, 2.05) is 49.5 Å². The molecule has 2 N–H and O–H groups in total. The van der Waals surface area contributed by atoms with Gasteiger partial charge in [0.05, 0.1) is 19.3 Å². The highest BCUT2D eigenvalue weighted by Crippen LogP contribution is 2.35. The highest BCUT2D eigenvalue weighted by atomic mass is 31.0. The Labute approximate surface area is 155 Å². The van der Waals surface area contributed by atoms with Crippen molar-refractivity contribution in [2.24, 2.45) is 0 Å². The Bertz CT molecular complexity index is 885. The lowest BCUT2D eigenvalue weighted by atomic mass is 10.0. The number of rotatable bonds is 6. The van der Waals surface area contributed by atoms with Crippen molar-refractivity contribution in [2.75, 3.05) is 11.9 Å². The van der Waals surface area contributed by atoms with Crippen LogP contribution in [0.25, 0.3) is 11.1 Å². The van der Waals surface area contributed by atoms with Gasteiger partial charge >= 0.3 is 0 Å². The Hall–Kier alpha value is -2.23. The second-order valence-corrected chi connectivity index (χ2v) is 7.50. The van der Waals surface area contributed by atoms with Crippen molar-refractivity contribution in [3.63, 3.8) is 0 Å². The van der Waals surface area contributed by atoms with Crippen LogP contribution in [0.2, 0.25) is 0 Å². The fraction of sp³-hybridized carbons (Fsp3) is 0.250. The number of aliphatic hydroxyl groups excluding tert-OH is 1. The second kappa shape index (κ2) is 7.56. The maximum Gasteiger partial charge on any atom is 0.145 e. The lowest BCUT2D eigenvalue weighted by Gasteiger charge is -2.16. The van der Waals surface area contributed by atoms with Crippen LogP contribution in [-0.2, 0) is 12.0 Å². The summed E-state index contributed by atoms with van der Waals surface area (Å²) in [5, 5.41) is 15.5. The van der Waals surface area contributed by atoms with E-state index >= 15 is 0 Å². The molecular weight excluding hydrogens is 348 g/mol. The molecule has 1 aromatic heterocycles. The van der Waals surface area contributed by atoms with Crippen LogP contribution in [0.3, 0.4) is 0 Å². The van der Waals surface area contributed by atoms with Gasteiger partial charge in [-0.05, 0) is 37.6 Å². The molecule has 3 aromatic rings. The van der Waals surface area contributed by atoms with Crippen LogP contribution in [-0.4, -0.2) is 21.5 Å². The summed E-state index contributed by atoms with van der Waals surface area (Å²) < 4.78 is 15.8. The third kappa shape index (κ3) is 3.95. The van der Waals surface area contributed by atoms with Gasteiger partial charge in [-0.15, -0.1) is 0 Å². The summed E-state index contributed by atoms with van der Waals surface area (Å²) in [7, 11) is 2.21. The van der Waals surface area contributed by atoms with Gasteiger partial charge in [0.15, 0.2) is 0 Å². The molecule has 0 aliphatic carbocycles. The van der Waals surface area contributed by atoms with E-state index in [2.05, 4.69) is 19.7 Å². The smallest absolute Gasteiger partial charge is 0.145 e. The van der Waals surface area contributed by atoms with Crippen LogP contribution in [0.15, 0.2) is 54.7 Å². The second-order valence-electron chi connectivity index (χ2n) is 6.41. The molecule has 3 rings (SSSR count). The summed E-state index contributed by atoms with van der Waals surface area (Å²) in [5.74, 6) is 0. The zero-order valence-corrected chi connectivity index (χ0v) is 16.1. The Morgan fingerprint density at radius 2 is 1.85 bits per heavy atom. The highest BCUT2D eigenvalue weighted by molar-refractivity contribution is 7.18. The van der Waals surface area contributed by atoms with Crippen molar-refractivity contribution in [2.45, 2.75) is 25.8 Å². The molecule has 2 unspecified atom stereocenters. The SMILES string of the molecule is Cc1c(-c2ccccc2Nc2ccc(C(C)(F)P)cc2)cnn1CCO. The quantitative estimate of drug-likeness (QED) is 0.622. The Morgan fingerprint density at radius 1 is 1.15 bits per heavy atom. The standard InChI is InChI=1S/C20H23FN3OP/c1-14-18(13-22-24(14)11-12-25)17-5-3-4-6-19(17)23-16-9-7-15(8-10-16)20(2,21)26/h3-10,13,23,25H,11-12,26H2,1-2H3. The monoisotopic (exact) mass is 371 g/mol. The number of anilines is 2. The van der Waals surface area contributed by atoms with Gasteiger partial charge in [0.1, 0.15) is 5.41 Å². The van der Waals surface area contributed by atoms with Gasteiger partial charge < -0.3 is 10.4 Å². The first kappa shape index (κ1) is 18.6. The zero-order valence-electron chi connectivity index (χ0n) is 14.9. The van der Waals surface area contributed by atoms with E-state index in [1.165, 1.54) is 6.92 Å².